The lowest BCUT2D eigenvalue weighted by Crippen LogP contribution is -2.50. The molecule has 1 N–H and O–H groups in total. The van der Waals surface area contributed by atoms with E-state index in [0.717, 1.165) is 50.5 Å². The van der Waals surface area contributed by atoms with Crippen LogP contribution < -0.4 is 5.32 Å². The van der Waals surface area contributed by atoms with Gasteiger partial charge in [-0.3, -0.25) is 19.4 Å². The molecule has 2 fully saturated rings. The first kappa shape index (κ1) is 23.4. The lowest BCUT2D eigenvalue weighted by atomic mass is 10.1. The van der Waals surface area contributed by atoms with Gasteiger partial charge in [-0.25, -0.2) is 0 Å². The van der Waals surface area contributed by atoms with Gasteiger partial charge in [0.05, 0.1) is 19.8 Å². The van der Waals surface area contributed by atoms with Crippen LogP contribution in [0.15, 0.2) is 48.5 Å². The van der Waals surface area contributed by atoms with Crippen LogP contribution in [0.5, 0.6) is 0 Å². The quantitative estimate of drug-likeness (QED) is 0.702. The van der Waals surface area contributed by atoms with Gasteiger partial charge < -0.3 is 15.0 Å². The zero-order valence-electron chi connectivity index (χ0n) is 19.5. The van der Waals surface area contributed by atoms with E-state index in [1.807, 2.05) is 41.3 Å². The van der Waals surface area contributed by atoms with Crippen LogP contribution in [0.1, 0.15) is 28.4 Å². The van der Waals surface area contributed by atoms with Crippen LogP contribution in [-0.4, -0.2) is 85.5 Å². The second-order valence-corrected chi connectivity index (χ2v) is 8.75. The smallest absolute Gasteiger partial charge is 0.253 e. The van der Waals surface area contributed by atoms with Crippen molar-refractivity contribution in [2.45, 2.75) is 19.9 Å². The van der Waals surface area contributed by atoms with Crippen molar-refractivity contribution in [3.63, 3.8) is 0 Å². The average molecular weight is 451 g/mol. The van der Waals surface area contributed by atoms with E-state index in [2.05, 4.69) is 34.2 Å². The number of aryl methyl sites for hydroxylation is 1. The minimum Gasteiger partial charge on any atom is -0.379 e. The standard InChI is InChI=1S/C26H34N4O3/c1-2-21-3-7-23(8-4-21)26(32)30-13-11-28(12-14-30)20-25(31)27-24-9-5-22(6-10-24)19-29-15-17-33-18-16-29/h3-10H,2,11-20H2,1H3,(H,27,31). The number of amides is 2. The monoisotopic (exact) mass is 450 g/mol. The van der Waals surface area contributed by atoms with Crippen molar-refractivity contribution in [2.24, 2.45) is 0 Å². The Morgan fingerprint density at radius 2 is 1.45 bits per heavy atom. The Morgan fingerprint density at radius 1 is 0.818 bits per heavy atom. The number of piperazine rings is 1. The summed E-state index contributed by atoms with van der Waals surface area (Å²) in [6, 6.07) is 15.9. The Kier molecular flexibility index (Phi) is 8.10. The highest BCUT2D eigenvalue weighted by atomic mass is 16.5. The average Bonchev–Trinajstić information content (AvgIpc) is 2.86. The molecule has 2 aliphatic rings. The minimum absolute atomic E-state index is 0.0224. The molecular formula is C26H34N4O3. The van der Waals surface area contributed by atoms with Crippen molar-refractivity contribution >= 4 is 17.5 Å². The van der Waals surface area contributed by atoms with Gasteiger partial charge in [-0.05, 0) is 41.8 Å². The van der Waals surface area contributed by atoms with E-state index in [1.165, 1.54) is 11.1 Å². The van der Waals surface area contributed by atoms with Gasteiger partial charge in [0.15, 0.2) is 0 Å². The molecule has 2 aromatic rings. The highest BCUT2D eigenvalue weighted by molar-refractivity contribution is 5.94. The Labute approximate surface area is 196 Å². The summed E-state index contributed by atoms with van der Waals surface area (Å²) < 4.78 is 5.40. The van der Waals surface area contributed by atoms with Crippen LogP contribution in [0, 0.1) is 0 Å². The molecule has 33 heavy (non-hydrogen) atoms. The maximum absolute atomic E-state index is 12.7. The first-order valence-electron chi connectivity index (χ1n) is 11.9. The summed E-state index contributed by atoms with van der Waals surface area (Å²) in [7, 11) is 0. The molecule has 0 aliphatic carbocycles. The molecule has 2 aromatic carbocycles. The van der Waals surface area contributed by atoms with Crippen molar-refractivity contribution in [3.05, 3.63) is 65.2 Å². The number of morpholine rings is 1. The third-order valence-corrected chi connectivity index (χ3v) is 6.38. The minimum atomic E-state index is -0.0224. The third kappa shape index (κ3) is 6.63. The maximum Gasteiger partial charge on any atom is 0.253 e. The van der Waals surface area contributed by atoms with Gasteiger partial charge in [-0.1, -0.05) is 31.2 Å². The predicted octanol–water partition coefficient (Wildman–Crippen LogP) is 2.48. The fraction of sp³-hybridized carbons (Fsp3) is 0.462. The number of anilines is 1. The summed E-state index contributed by atoms with van der Waals surface area (Å²) in [5.74, 6) is 0.0461. The van der Waals surface area contributed by atoms with Crippen molar-refractivity contribution < 1.29 is 14.3 Å². The second kappa shape index (κ2) is 11.4. The molecule has 2 aliphatic heterocycles. The largest absolute Gasteiger partial charge is 0.379 e. The van der Waals surface area contributed by atoms with Gasteiger partial charge in [0, 0.05) is 57.1 Å². The SMILES string of the molecule is CCc1ccc(C(=O)N2CCN(CC(=O)Nc3ccc(CN4CCOCC4)cc3)CC2)cc1. The highest BCUT2D eigenvalue weighted by Crippen LogP contribution is 2.14. The van der Waals surface area contributed by atoms with Gasteiger partial charge in [-0.2, -0.15) is 0 Å². The molecule has 0 aromatic heterocycles. The number of hydrogen-bond donors (Lipinski definition) is 1. The predicted molar refractivity (Wildman–Crippen MR) is 129 cm³/mol. The molecule has 7 nitrogen and oxygen atoms in total. The molecule has 2 saturated heterocycles. The number of nitrogens with zero attached hydrogens (tertiary/aromatic N) is 3. The number of hydrogen-bond acceptors (Lipinski definition) is 5. The fourth-order valence-electron chi connectivity index (χ4n) is 4.29. The van der Waals surface area contributed by atoms with Gasteiger partial charge in [0.25, 0.3) is 5.91 Å². The third-order valence-electron chi connectivity index (χ3n) is 6.38. The van der Waals surface area contributed by atoms with E-state index in [0.29, 0.717) is 32.7 Å². The summed E-state index contributed by atoms with van der Waals surface area (Å²) >= 11 is 0. The van der Waals surface area contributed by atoms with Crippen LogP contribution in [0.4, 0.5) is 5.69 Å². The normalized spacial score (nSPS) is 17.7. The van der Waals surface area contributed by atoms with Crippen LogP contribution in [0.2, 0.25) is 0 Å². The maximum atomic E-state index is 12.7. The molecule has 0 radical (unpaired) electrons. The number of nitrogens with one attached hydrogen (secondary N) is 1. The summed E-state index contributed by atoms with van der Waals surface area (Å²) in [6.07, 6.45) is 0.966. The van der Waals surface area contributed by atoms with E-state index < -0.39 is 0 Å². The fourth-order valence-corrected chi connectivity index (χ4v) is 4.29. The van der Waals surface area contributed by atoms with Crippen LogP contribution in [-0.2, 0) is 22.5 Å². The number of ether oxygens (including phenoxy) is 1. The van der Waals surface area contributed by atoms with Crippen molar-refractivity contribution in [1.82, 2.24) is 14.7 Å². The first-order chi connectivity index (χ1) is 16.1. The molecule has 0 unspecified atom stereocenters. The topological polar surface area (TPSA) is 65.1 Å². The number of rotatable bonds is 7. The van der Waals surface area contributed by atoms with Gasteiger partial charge >= 0.3 is 0 Å². The second-order valence-electron chi connectivity index (χ2n) is 8.75. The highest BCUT2D eigenvalue weighted by Gasteiger charge is 2.23. The molecule has 2 amide bonds. The molecule has 7 heteroatoms. The number of benzene rings is 2. The first-order valence-corrected chi connectivity index (χ1v) is 11.9. The van der Waals surface area contributed by atoms with Gasteiger partial charge in [0.2, 0.25) is 5.91 Å². The number of carbonyl (C=O) groups is 2. The summed E-state index contributed by atoms with van der Waals surface area (Å²) in [5, 5.41) is 3.00. The van der Waals surface area contributed by atoms with Gasteiger partial charge in [-0.15, -0.1) is 0 Å². The number of carbonyl (C=O) groups excluding carboxylic acids is 2. The molecular weight excluding hydrogens is 416 g/mol. The zero-order chi connectivity index (χ0) is 23.0. The molecule has 0 bridgehead atoms. The van der Waals surface area contributed by atoms with Gasteiger partial charge in [0.1, 0.15) is 0 Å². The molecule has 0 saturated carbocycles. The van der Waals surface area contributed by atoms with Crippen molar-refractivity contribution in [3.8, 4) is 0 Å². The molecule has 2 heterocycles. The Bertz CT molecular complexity index is 916. The van der Waals surface area contributed by atoms with Crippen LogP contribution in [0.25, 0.3) is 0 Å². The van der Waals surface area contributed by atoms with E-state index in [9.17, 15) is 9.59 Å². The van der Waals surface area contributed by atoms with Crippen LogP contribution in [0.3, 0.4) is 0 Å². The Morgan fingerprint density at radius 3 is 2.09 bits per heavy atom. The van der Waals surface area contributed by atoms with Crippen molar-refractivity contribution in [2.75, 3.05) is 64.3 Å². The van der Waals surface area contributed by atoms with E-state index >= 15 is 0 Å². The summed E-state index contributed by atoms with van der Waals surface area (Å²) in [5.41, 5.74) is 4.01. The molecule has 176 valence electrons. The Hall–Kier alpha value is -2.74. The molecule has 0 spiro atoms. The molecule has 4 rings (SSSR count). The molecule has 0 atom stereocenters. The zero-order valence-corrected chi connectivity index (χ0v) is 19.5. The Balaban J connectivity index is 1.20. The van der Waals surface area contributed by atoms with E-state index in [1.54, 1.807) is 0 Å². The van der Waals surface area contributed by atoms with Crippen LogP contribution >= 0.6 is 0 Å². The van der Waals surface area contributed by atoms with E-state index in [-0.39, 0.29) is 11.8 Å². The lowest BCUT2D eigenvalue weighted by molar-refractivity contribution is -0.117. The lowest BCUT2D eigenvalue weighted by Gasteiger charge is -2.34. The van der Waals surface area contributed by atoms with E-state index in [4.69, 9.17) is 4.74 Å². The summed E-state index contributed by atoms with van der Waals surface area (Å²) in [4.78, 5) is 31.6. The summed E-state index contributed by atoms with van der Waals surface area (Å²) in [6.45, 7) is 9.53. The van der Waals surface area contributed by atoms with Crippen molar-refractivity contribution in [1.29, 1.82) is 0 Å².